The molecule has 182 valence electrons. The standard InChI is InChI=1S/C29H21N3O4S/c33-29(36-17-26-30-24-13-3-4-14-25(24)37-26)27-21-10-1-2-12-23(21)31-28-19(8-6-11-22(27)28)15-18-7-5-9-20(16-18)32(34)35/h1-5,7,9-10,12-16H,6,8,11,17H2. The van der Waals surface area contributed by atoms with Gasteiger partial charge in [0.15, 0.2) is 0 Å². The summed E-state index contributed by atoms with van der Waals surface area (Å²) >= 11 is 1.51. The third-order valence-electron chi connectivity index (χ3n) is 6.46. The summed E-state index contributed by atoms with van der Waals surface area (Å²) in [5.74, 6) is -0.397. The van der Waals surface area contributed by atoms with Crippen LogP contribution in [0.3, 0.4) is 0 Å². The van der Waals surface area contributed by atoms with E-state index < -0.39 is 10.9 Å². The molecule has 3 aromatic carbocycles. The Morgan fingerprint density at radius 3 is 2.65 bits per heavy atom. The highest BCUT2D eigenvalue weighted by atomic mass is 32.1. The second kappa shape index (κ2) is 9.55. The molecular weight excluding hydrogens is 486 g/mol. The molecule has 0 radical (unpaired) electrons. The molecule has 2 heterocycles. The van der Waals surface area contributed by atoms with Crippen LogP contribution in [0.15, 0.2) is 72.8 Å². The molecule has 0 amide bonds. The van der Waals surface area contributed by atoms with Crippen molar-refractivity contribution in [1.82, 2.24) is 9.97 Å². The van der Waals surface area contributed by atoms with Crippen molar-refractivity contribution in [3.63, 3.8) is 0 Å². The first-order valence-electron chi connectivity index (χ1n) is 12.0. The number of benzene rings is 3. The largest absolute Gasteiger partial charge is 0.455 e. The number of carbonyl (C=O) groups is 1. The fourth-order valence-electron chi connectivity index (χ4n) is 4.82. The summed E-state index contributed by atoms with van der Waals surface area (Å²) < 4.78 is 6.85. The minimum absolute atomic E-state index is 0.0379. The molecule has 0 spiro atoms. The van der Waals surface area contributed by atoms with Gasteiger partial charge in [-0.25, -0.2) is 14.8 Å². The first-order valence-corrected chi connectivity index (χ1v) is 12.8. The summed E-state index contributed by atoms with van der Waals surface area (Å²) in [6.45, 7) is 0.0972. The van der Waals surface area contributed by atoms with Crippen LogP contribution in [0.25, 0.3) is 32.8 Å². The summed E-state index contributed by atoms with van der Waals surface area (Å²) in [6.07, 6.45) is 4.24. The predicted molar refractivity (Wildman–Crippen MR) is 144 cm³/mol. The molecular formula is C29H21N3O4S. The molecule has 0 unspecified atom stereocenters. The smallest absolute Gasteiger partial charge is 0.339 e. The molecule has 2 aromatic heterocycles. The van der Waals surface area contributed by atoms with Crippen LogP contribution >= 0.6 is 11.3 Å². The van der Waals surface area contributed by atoms with Gasteiger partial charge in [0.1, 0.15) is 11.6 Å². The molecule has 0 atom stereocenters. The first-order chi connectivity index (χ1) is 18.1. The molecule has 1 aliphatic rings. The quantitative estimate of drug-likeness (QED) is 0.145. The highest BCUT2D eigenvalue weighted by molar-refractivity contribution is 7.18. The number of esters is 1. The predicted octanol–water partition coefficient (Wildman–Crippen LogP) is 6.99. The van der Waals surface area contributed by atoms with E-state index in [1.165, 1.54) is 17.4 Å². The van der Waals surface area contributed by atoms with E-state index in [4.69, 9.17) is 9.72 Å². The number of nitrogens with zero attached hydrogens (tertiary/aromatic N) is 3. The van der Waals surface area contributed by atoms with Crippen molar-refractivity contribution in [2.24, 2.45) is 0 Å². The molecule has 0 saturated heterocycles. The number of allylic oxidation sites excluding steroid dienone is 1. The van der Waals surface area contributed by atoms with Gasteiger partial charge in [0.05, 0.1) is 31.9 Å². The van der Waals surface area contributed by atoms with E-state index in [0.29, 0.717) is 17.5 Å². The van der Waals surface area contributed by atoms with Crippen molar-refractivity contribution in [2.45, 2.75) is 25.9 Å². The van der Waals surface area contributed by atoms with Gasteiger partial charge in [-0.2, -0.15) is 0 Å². The van der Waals surface area contributed by atoms with Crippen LogP contribution in [-0.2, 0) is 17.8 Å². The summed E-state index contributed by atoms with van der Waals surface area (Å²) in [5.41, 5.74) is 5.46. The van der Waals surface area contributed by atoms with Crippen LogP contribution < -0.4 is 0 Å². The van der Waals surface area contributed by atoms with Crippen LogP contribution in [0.2, 0.25) is 0 Å². The molecule has 0 bridgehead atoms. The minimum Gasteiger partial charge on any atom is -0.455 e. The number of non-ortho nitro benzene ring substituents is 1. The summed E-state index contributed by atoms with van der Waals surface area (Å²) in [5, 5.41) is 12.7. The van der Waals surface area contributed by atoms with Crippen LogP contribution in [-0.4, -0.2) is 20.9 Å². The van der Waals surface area contributed by atoms with Gasteiger partial charge in [0.25, 0.3) is 5.69 Å². The van der Waals surface area contributed by atoms with Gasteiger partial charge in [-0.05, 0) is 60.2 Å². The zero-order valence-electron chi connectivity index (χ0n) is 19.7. The number of nitro groups is 1. The van der Waals surface area contributed by atoms with E-state index in [1.54, 1.807) is 12.1 Å². The number of pyridine rings is 1. The maximum Gasteiger partial charge on any atom is 0.339 e. The molecule has 1 aliphatic carbocycles. The Kier molecular flexibility index (Phi) is 5.94. The number of aromatic nitrogens is 2. The Morgan fingerprint density at radius 2 is 1.81 bits per heavy atom. The molecule has 5 aromatic rings. The van der Waals surface area contributed by atoms with E-state index in [2.05, 4.69) is 4.98 Å². The SMILES string of the molecule is O=C(OCc1nc2ccccc2s1)c1c2c(nc3ccccc13)C(=Cc1cccc([N+](=O)[O-])c1)CCC2. The molecule has 0 N–H and O–H groups in total. The molecule has 0 saturated carbocycles. The number of rotatable bonds is 5. The Labute approximate surface area is 216 Å². The second-order valence-corrected chi connectivity index (χ2v) is 9.97. The second-order valence-electron chi connectivity index (χ2n) is 8.86. The van der Waals surface area contributed by atoms with Crippen LogP contribution in [0, 0.1) is 10.1 Å². The van der Waals surface area contributed by atoms with E-state index >= 15 is 0 Å². The van der Waals surface area contributed by atoms with Gasteiger partial charge in [-0.3, -0.25) is 10.1 Å². The van der Waals surface area contributed by atoms with E-state index in [-0.39, 0.29) is 12.3 Å². The Bertz CT molecular complexity index is 1690. The number of hydrogen-bond acceptors (Lipinski definition) is 7. The van der Waals surface area contributed by atoms with Crippen molar-refractivity contribution in [2.75, 3.05) is 0 Å². The lowest BCUT2D eigenvalue weighted by atomic mass is 9.86. The maximum atomic E-state index is 13.5. The van der Waals surface area contributed by atoms with Crippen molar-refractivity contribution >= 4 is 55.8 Å². The first kappa shape index (κ1) is 23.0. The van der Waals surface area contributed by atoms with Gasteiger partial charge in [-0.1, -0.05) is 42.5 Å². The minimum atomic E-state index is -0.401. The Hall–Kier alpha value is -4.43. The summed E-state index contributed by atoms with van der Waals surface area (Å²) in [7, 11) is 0. The molecule has 7 nitrogen and oxygen atoms in total. The number of carbonyl (C=O) groups excluding carboxylic acids is 1. The summed E-state index contributed by atoms with van der Waals surface area (Å²) in [4.78, 5) is 33.9. The number of hydrogen-bond donors (Lipinski definition) is 0. The number of nitro benzene ring substituents is 1. The monoisotopic (exact) mass is 507 g/mol. The van der Waals surface area contributed by atoms with Gasteiger partial charge >= 0.3 is 5.97 Å². The molecule has 37 heavy (non-hydrogen) atoms. The van der Waals surface area contributed by atoms with Gasteiger partial charge < -0.3 is 4.74 Å². The van der Waals surface area contributed by atoms with Crippen molar-refractivity contribution in [1.29, 1.82) is 0 Å². The molecule has 8 heteroatoms. The van der Waals surface area contributed by atoms with Crippen molar-refractivity contribution < 1.29 is 14.5 Å². The molecule has 0 fully saturated rings. The zero-order chi connectivity index (χ0) is 25.4. The van der Waals surface area contributed by atoms with E-state index in [9.17, 15) is 14.9 Å². The average molecular weight is 508 g/mol. The fraction of sp³-hybridized carbons (Fsp3) is 0.138. The van der Waals surface area contributed by atoms with Gasteiger partial charge in [0, 0.05) is 17.5 Å². The van der Waals surface area contributed by atoms with Gasteiger partial charge in [0.2, 0.25) is 0 Å². The fourth-order valence-corrected chi connectivity index (χ4v) is 5.70. The highest BCUT2D eigenvalue weighted by Gasteiger charge is 2.26. The lowest BCUT2D eigenvalue weighted by Crippen LogP contribution is -2.15. The summed E-state index contributed by atoms with van der Waals surface area (Å²) in [6, 6.07) is 22.0. The van der Waals surface area contributed by atoms with Crippen LogP contribution in [0.1, 0.15) is 45.0 Å². The topological polar surface area (TPSA) is 95.2 Å². The Balaban J connectivity index is 1.39. The zero-order valence-corrected chi connectivity index (χ0v) is 20.5. The molecule has 6 rings (SSSR count). The van der Waals surface area contributed by atoms with Crippen molar-refractivity contribution in [3.05, 3.63) is 110 Å². The normalized spacial score (nSPS) is 14.1. The van der Waals surface area contributed by atoms with Crippen LogP contribution in [0.4, 0.5) is 5.69 Å². The van der Waals surface area contributed by atoms with Crippen LogP contribution in [0.5, 0.6) is 0 Å². The lowest BCUT2D eigenvalue weighted by molar-refractivity contribution is -0.384. The highest BCUT2D eigenvalue weighted by Crippen LogP contribution is 2.37. The van der Waals surface area contributed by atoms with Gasteiger partial charge in [-0.15, -0.1) is 11.3 Å². The molecule has 0 aliphatic heterocycles. The lowest BCUT2D eigenvalue weighted by Gasteiger charge is -2.22. The Morgan fingerprint density at radius 1 is 1.00 bits per heavy atom. The number of ether oxygens (including phenoxy) is 1. The average Bonchev–Trinajstić information content (AvgIpc) is 3.34. The number of para-hydroxylation sites is 2. The number of fused-ring (bicyclic) bond motifs is 3. The third kappa shape index (κ3) is 4.47. The van der Waals surface area contributed by atoms with Crippen molar-refractivity contribution in [3.8, 4) is 0 Å². The third-order valence-corrected chi connectivity index (χ3v) is 7.47. The maximum absolute atomic E-state index is 13.5. The number of thiazole rings is 1. The van der Waals surface area contributed by atoms with E-state index in [0.717, 1.165) is 55.8 Å². The van der Waals surface area contributed by atoms with E-state index in [1.807, 2.05) is 60.7 Å².